The highest BCUT2D eigenvalue weighted by Crippen LogP contribution is 2.17. The van der Waals surface area contributed by atoms with Gasteiger partial charge in [-0.15, -0.1) is 0 Å². The lowest BCUT2D eigenvalue weighted by Gasteiger charge is -2.26. The summed E-state index contributed by atoms with van der Waals surface area (Å²) in [5.41, 5.74) is 7.02. The summed E-state index contributed by atoms with van der Waals surface area (Å²) in [7, 11) is -3.42. The highest BCUT2D eigenvalue weighted by molar-refractivity contribution is 7.90. The molecule has 1 aliphatic rings. The van der Waals surface area contributed by atoms with Crippen LogP contribution in [0.4, 0.5) is 5.69 Å². The lowest BCUT2D eigenvalue weighted by Crippen LogP contribution is -2.39. The number of anilines is 1. The van der Waals surface area contributed by atoms with E-state index in [9.17, 15) is 8.42 Å². The zero-order valence-corrected chi connectivity index (χ0v) is 11.1. The van der Waals surface area contributed by atoms with E-state index in [1.54, 1.807) is 18.2 Å². The van der Waals surface area contributed by atoms with E-state index in [1.807, 2.05) is 6.07 Å². The minimum absolute atomic E-state index is 0.402. The Bertz CT molecular complexity index is 496. The Hall–Kier alpha value is -1.11. The Morgan fingerprint density at radius 2 is 1.94 bits per heavy atom. The fourth-order valence-electron chi connectivity index (χ4n) is 2.08. The molecule has 0 radical (unpaired) electrons. The van der Waals surface area contributed by atoms with E-state index in [0.29, 0.717) is 25.3 Å². The van der Waals surface area contributed by atoms with Crippen LogP contribution in [0.2, 0.25) is 0 Å². The zero-order valence-electron chi connectivity index (χ0n) is 10.3. The van der Waals surface area contributed by atoms with Gasteiger partial charge in [-0.05, 0) is 30.5 Å². The quantitative estimate of drug-likeness (QED) is 0.864. The molecule has 0 atom stereocenters. The average Bonchev–Trinajstić information content (AvgIpc) is 2.39. The maximum absolute atomic E-state index is 12.1. The number of hydrogen-bond acceptors (Lipinski definition) is 3. The molecule has 3 N–H and O–H groups in total. The molecule has 100 valence electrons. The average molecular weight is 269 g/mol. The SMILES string of the molecule is NCc1cccc(NS(=O)(=O)N2CCCCC2)c1. The van der Waals surface area contributed by atoms with Crippen LogP contribution in [0.15, 0.2) is 24.3 Å². The minimum Gasteiger partial charge on any atom is -0.326 e. The maximum Gasteiger partial charge on any atom is 0.301 e. The largest absolute Gasteiger partial charge is 0.326 e. The number of nitrogens with zero attached hydrogens (tertiary/aromatic N) is 1. The highest BCUT2D eigenvalue weighted by Gasteiger charge is 2.23. The van der Waals surface area contributed by atoms with Crippen molar-refractivity contribution in [2.45, 2.75) is 25.8 Å². The standard InChI is InChI=1S/C12H19N3O2S/c13-10-11-5-4-6-12(9-11)14-18(16,17)15-7-2-1-3-8-15/h4-6,9,14H,1-3,7-8,10,13H2. The van der Waals surface area contributed by atoms with E-state index in [0.717, 1.165) is 24.8 Å². The lowest BCUT2D eigenvalue weighted by atomic mass is 10.2. The molecule has 1 aromatic carbocycles. The monoisotopic (exact) mass is 269 g/mol. The van der Waals surface area contributed by atoms with E-state index in [-0.39, 0.29) is 0 Å². The van der Waals surface area contributed by atoms with Crippen LogP contribution in [0.5, 0.6) is 0 Å². The van der Waals surface area contributed by atoms with Crippen molar-refractivity contribution in [2.24, 2.45) is 5.73 Å². The Morgan fingerprint density at radius 3 is 2.61 bits per heavy atom. The lowest BCUT2D eigenvalue weighted by molar-refractivity contribution is 0.349. The van der Waals surface area contributed by atoms with E-state index in [1.165, 1.54) is 4.31 Å². The number of rotatable bonds is 4. The van der Waals surface area contributed by atoms with Crippen LogP contribution in [-0.2, 0) is 16.8 Å². The molecule has 1 fully saturated rings. The highest BCUT2D eigenvalue weighted by atomic mass is 32.2. The molecule has 0 unspecified atom stereocenters. The molecule has 1 heterocycles. The molecule has 0 amide bonds. The van der Waals surface area contributed by atoms with Crippen molar-refractivity contribution in [2.75, 3.05) is 17.8 Å². The second kappa shape index (κ2) is 5.69. The smallest absolute Gasteiger partial charge is 0.301 e. The number of piperidine rings is 1. The molecule has 0 aliphatic carbocycles. The van der Waals surface area contributed by atoms with Gasteiger partial charge in [0.25, 0.3) is 0 Å². The van der Waals surface area contributed by atoms with Crippen molar-refractivity contribution in [3.05, 3.63) is 29.8 Å². The molecule has 1 aliphatic heterocycles. The number of benzene rings is 1. The molecule has 0 saturated carbocycles. The van der Waals surface area contributed by atoms with Crippen LogP contribution >= 0.6 is 0 Å². The summed E-state index contributed by atoms with van der Waals surface area (Å²) in [4.78, 5) is 0. The molecule has 0 bridgehead atoms. The molecule has 2 rings (SSSR count). The third kappa shape index (κ3) is 3.22. The zero-order chi connectivity index (χ0) is 13.0. The number of nitrogens with one attached hydrogen (secondary N) is 1. The molecule has 0 aromatic heterocycles. The fourth-order valence-corrected chi connectivity index (χ4v) is 3.37. The van der Waals surface area contributed by atoms with Crippen molar-refractivity contribution >= 4 is 15.9 Å². The molecule has 0 spiro atoms. The van der Waals surface area contributed by atoms with Gasteiger partial charge < -0.3 is 5.73 Å². The first-order valence-corrected chi connectivity index (χ1v) is 7.63. The molecular weight excluding hydrogens is 250 g/mol. The molecule has 1 saturated heterocycles. The predicted octanol–water partition coefficient (Wildman–Crippen LogP) is 1.29. The molecule has 5 nitrogen and oxygen atoms in total. The first-order chi connectivity index (χ1) is 8.62. The topological polar surface area (TPSA) is 75.4 Å². The Balaban J connectivity index is 2.11. The Kier molecular flexibility index (Phi) is 4.21. The van der Waals surface area contributed by atoms with Gasteiger partial charge in [0.2, 0.25) is 0 Å². The third-order valence-corrected chi connectivity index (χ3v) is 4.60. The first kappa shape index (κ1) is 13.3. The van der Waals surface area contributed by atoms with Gasteiger partial charge >= 0.3 is 10.2 Å². The van der Waals surface area contributed by atoms with Crippen LogP contribution in [0.1, 0.15) is 24.8 Å². The summed E-state index contributed by atoms with van der Waals surface area (Å²) in [5, 5.41) is 0. The second-order valence-electron chi connectivity index (χ2n) is 4.47. The van der Waals surface area contributed by atoms with Gasteiger partial charge in [0, 0.05) is 19.6 Å². The minimum atomic E-state index is -3.42. The van der Waals surface area contributed by atoms with Crippen molar-refractivity contribution in [1.29, 1.82) is 0 Å². The van der Waals surface area contributed by atoms with Gasteiger partial charge in [-0.3, -0.25) is 4.72 Å². The van der Waals surface area contributed by atoms with Gasteiger partial charge in [-0.25, -0.2) is 0 Å². The van der Waals surface area contributed by atoms with Crippen molar-refractivity contribution < 1.29 is 8.42 Å². The summed E-state index contributed by atoms with van der Waals surface area (Å²) < 4.78 is 28.4. The molecular formula is C12H19N3O2S. The molecule has 18 heavy (non-hydrogen) atoms. The summed E-state index contributed by atoms with van der Waals surface area (Å²) in [5.74, 6) is 0. The fraction of sp³-hybridized carbons (Fsp3) is 0.500. The predicted molar refractivity (Wildman–Crippen MR) is 72.3 cm³/mol. The van der Waals surface area contributed by atoms with Crippen molar-refractivity contribution in [3.8, 4) is 0 Å². The van der Waals surface area contributed by atoms with Crippen LogP contribution in [-0.4, -0.2) is 25.8 Å². The van der Waals surface area contributed by atoms with E-state index in [2.05, 4.69) is 4.72 Å². The maximum atomic E-state index is 12.1. The normalized spacial score (nSPS) is 17.6. The van der Waals surface area contributed by atoms with Gasteiger partial charge in [0.1, 0.15) is 0 Å². The van der Waals surface area contributed by atoms with Crippen LogP contribution < -0.4 is 10.5 Å². The van der Waals surface area contributed by atoms with Crippen molar-refractivity contribution in [3.63, 3.8) is 0 Å². The number of hydrogen-bond donors (Lipinski definition) is 2. The van der Waals surface area contributed by atoms with Crippen molar-refractivity contribution in [1.82, 2.24) is 4.31 Å². The Labute approximate surface area is 108 Å². The summed E-state index contributed by atoms with van der Waals surface area (Å²) in [6, 6.07) is 7.18. The van der Waals surface area contributed by atoms with Gasteiger partial charge in [0.15, 0.2) is 0 Å². The van der Waals surface area contributed by atoms with Crippen LogP contribution in [0, 0.1) is 0 Å². The first-order valence-electron chi connectivity index (χ1n) is 6.19. The molecule has 1 aromatic rings. The Morgan fingerprint density at radius 1 is 1.22 bits per heavy atom. The number of nitrogens with two attached hydrogens (primary N) is 1. The molecule has 6 heteroatoms. The van der Waals surface area contributed by atoms with E-state index in [4.69, 9.17) is 5.73 Å². The van der Waals surface area contributed by atoms with E-state index < -0.39 is 10.2 Å². The third-order valence-electron chi connectivity index (χ3n) is 3.06. The van der Waals surface area contributed by atoms with Gasteiger partial charge in [0.05, 0.1) is 5.69 Å². The van der Waals surface area contributed by atoms with Gasteiger partial charge in [-0.1, -0.05) is 18.6 Å². The van der Waals surface area contributed by atoms with Crippen LogP contribution in [0.25, 0.3) is 0 Å². The van der Waals surface area contributed by atoms with E-state index >= 15 is 0 Å². The van der Waals surface area contributed by atoms with Gasteiger partial charge in [-0.2, -0.15) is 12.7 Å². The van der Waals surface area contributed by atoms with Crippen LogP contribution in [0.3, 0.4) is 0 Å². The summed E-state index contributed by atoms with van der Waals surface area (Å²) in [6.45, 7) is 1.61. The second-order valence-corrected chi connectivity index (χ2v) is 6.14. The summed E-state index contributed by atoms with van der Waals surface area (Å²) >= 11 is 0. The summed E-state index contributed by atoms with van der Waals surface area (Å²) in [6.07, 6.45) is 2.97.